The lowest BCUT2D eigenvalue weighted by atomic mass is 10.1. The van der Waals surface area contributed by atoms with Gasteiger partial charge >= 0.3 is 0 Å². The first-order chi connectivity index (χ1) is 12.9. The maximum atomic E-state index is 12.4. The fourth-order valence-electron chi connectivity index (χ4n) is 2.54. The molecule has 0 aliphatic carbocycles. The van der Waals surface area contributed by atoms with Gasteiger partial charge in [-0.05, 0) is 42.8 Å². The zero-order chi connectivity index (χ0) is 21.1. The van der Waals surface area contributed by atoms with Crippen LogP contribution in [0, 0.1) is 0 Å². The fraction of sp³-hybridized carbons (Fsp3) is 0.278. The second kappa shape index (κ2) is 8.50. The minimum absolute atomic E-state index is 0.180. The van der Waals surface area contributed by atoms with Gasteiger partial charge in [0.1, 0.15) is 6.54 Å². The SMILES string of the molecule is CC(NC(=O)CN(c1cccc(Cl)c1)S(C)(=O)=O)c1ccc(S(C)(=O)=O)cc1. The molecule has 1 atom stereocenters. The normalized spacial score (nSPS) is 13.0. The zero-order valence-corrected chi connectivity index (χ0v) is 18.0. The van der Waals surface area contributed by atoms with Gasteiger partial charge in [0.05, 0.1) is 22.9 Å². The summed E-state index contributed by atoms with van der Waals surface area (Å²) in [7, 11) is -7.01. The lowest BCUT2D eigenvalue weighted by molar-refractivity contribution is -0.120. The molecule has 0 saturated heterocycles. The highest BCUT2D eigenvalue weighted by atomic mass is 35.5. The van der Waals surface area contributed by atoms with Gasteiger partial charge in [0.25, 0.3) is 0 Å². The minimum Gasteiger partial charge on any atom is -0.348 e. The van der Waals surface area contributed by atoms with Crippen molar-refractivity contribution in [1.29, 1.82) is 0 Å². The number of hydrogen-bond donors (Lipinski definition) is 1. The molecule has 2 aromatic rings. The van der Waals surface area contributed by atoms with Crippen LogP contribution in [-0.4, -0.2) is 41.8 Å². The van der Waals surface area contributed by atoms with Crippen molar-refractivity contribution in [2.24, 2.45) is 0 Å². The Morgan fingerprint density at radius 1 is 1.07 bits per heavy atom. The van der Waals surface area contributed by atoms with Crippen molar-refractivity contribution in [3.8, 4) is 0 Å². The van der Waals surface area contributed by atoms with Gasteiger partial charge in [-0.2, -0.15) is 0 Å². The molecule has 0 bridgehead atoms. The molecule has 2 aromatic carbocycles. The Morgan fingerprint density at radius 2 is 1.68 bits per heavy atom. The van der Waals surface area contributed by atoms with Crippen LogP contribution >= 0.6 is 11.6 Å². The number of rotatable bonds is 7. The number of anilines is 1. The van der Waals surface area contributed by atoms with Gasteiger partial charge in [0.15, 0.2) is 9.84 Å². The van der Waals surface area contributed by atoms with Crippen LogP contribution in [0.1, 0.15) is 18.5 Å². The van der Waals surface area contributed by atoms with E-state index < -0.39 is 38.4 Å². The van der Waals surface area contributed by atoms with Crippen LogP contribution in [-0.2, 0) is 24.7 Å². The van der Waals surface area contributed by atoms with Crippen LogP contribution in [0.2, 0.25) is 5.02 Å². The molecule has 0 saturated carbocycles. The summed E-state index contributed by atoms with van der Waals surface area (Å²) in [5.74, 6) is -0.509. The summed E-state index contributed by atoms with van der Waals surface area (Å²) < 4.78 is 48.2. The van der Waals surface area contributed by atoms with Crippen molar-refractivity contribution in [2.75, 3.05) is 23.4 Å². The van der Waals surface area contributed by atoms with E-state index in [1.54, 1.807) is 37.3 Å². The topological polar surface area (TPSA) is 101 Å². The van der Waals surface area contributed by atoms with Gasteiger partial charge in [-0.1, -0.05) is 29.8 Å². The lowest BCUT2D eigenvalue weighted by Crippen LogP contribution is -2.41. The number of halogens is 1. The summed E-state index contributed by atoms with van der Waals surface area (Å²) in [6.45, 7) is 1.31. The van der Waals surface area contributed by atoms with Crippen molar-refractivity contribution in [3.05, 3.63) is 59.1 Å². The molecule has 1 unspecified atom stereocenters. The first-order valence-electron chi connectivity index (χ1n) is 8.20. The Kier molecular flexibility index (Phi) is 6.74. The maximum absolute atomic E-state index is 12.4. The molecule has 2 rings (SSSR count). The van der Waals surface area contributed by atoms with E-state index in [0.717, 1.165) is 16.8 Å². The molecule has 152 valence electrons. The van der Waals surface area contributed by atoms with Crippen LogP contribution in [0.3, 0.4) is 0 Å². The third-order valence-electron chi connectivity index (χ3n) is 3.97. The largest absolute Gasteiger partial charge is 0.348 e. The highest BCUT2D eigenvalue weighted by Gasteiger charge is 2.22. The molecule has 0 aliphatic rings. The number of hydrogen-bond acceptors (Lipinski definition) is 5. The third kappa shape index (κ3) is 5.95. The molecule has 7 nitrogen and oxygen atoms in total. The summed E-state index contributed by atoms with van der Waals surface area (Å²) >= 11 is 5.92. The van der Waals surface area contributed by atoms with Crippen molar-refractivity contribution < 1.29 is 21.6 Å². The molecule has 1 amide bonds. The van der Waals surface area contributed by atoms with E-state index in [0.29, 0.717) is 10.6 Å². The minimum atomic E-state index is -3.71. The number of nitrogens with one attached hydrogen (secondary N) is 1. The number of amides is 1. The first-order valence-corrected chi connectivity index (χ1v) is 12.3. The van der Waals surface area contributed by atoms with Crippen LogP contribution in [0.4, 0.5) is 5.69 Å². The first kappa shape index (κ1) is 22.2. The summed E-state index contributed by atoms with van der Waals surface area (Å²) in [5, 5.41) is 3.07. The van der Waals surface area contributed by atoms with E-state index in [-0.39, 0.29) is 10.6 Å². The number of sulfone groups is 1. The van der Waals surface area contributed by atoms with Gasteiger partial charge in [-0.15, -0.1) is 0 Å². The Morgan fingerprint density at radius 3 is 2.18 bits per heavy atom. The number of carbonyl (C=O) groups excluding carboxylic acids is 1. The molecular formula is C18H21ClN2O5S2. The summed E-state index contributed by atoms with van der Waals surface area (Å²) in [6, 6.07) is 11.9. The van der Waals surface area contributed by atoms with E-state index in [9.17, 15) is 21.6 Å². The molecule has 28 heavy (non-hydrogen) atoms. The van der Waals surface area contributed by atoms with Gasteiger partial charge < -0.3 is 5.32 Å². The quantitative estimate of drug-likeness (QED) is 0.706. The molecule has 0 aliphatic heterocycles. The number of carbonyl (C=O) groups is 1. The summed E-state index contributed by atoms with van der Waals surface area (Å²) in [5.41, 5.74) is 0.977. The van der Waals surface area contributed by atoms with E-state index in [1.807, 2.05) is 0 Å². The van der Waals surface area contributed by atoms with Gasteiger partial charge in [-0.25, -0.2) is 16.8 Å². The average Bonchev–Trinajstić information content (AvgIpc) is 2.58. The molecule has 1 N–H and O–H groups in total. The molecule has 0 fully saturated rings. The highest BCUT2D eigenvalue weighted by molar-refractivity contribution is 7.92. The third-order valence-corrected chi connectivity index (χ3v) is 6.47. The molecule has 0 radical (unpaired) electrons. The fourth-order valence-corrected chi connectivity index (χ4v) is 4.20. The second-order valence-corrected chi connectivity index (χ2v) is 10.7. The van der Waals surface area contributed by atoms with Crippen LogP contribution in [0.25, 0.3) is 0 Å². The monoisotopic (exact) mass is 444 g/mol. The Bertz CT molecular complexity index is 1070. The van der Waals surface area contributed by atoms with Crippen molar-refractivity contribution in [3.63, 3.8) is 0 Å². The van der Waals surface area contributed by atoms with Crippen molar-refractivity contribution >= 4 is 43.1 Å². The Labute approximate surface area is 170 Å². The zero-order valence-electron chi connectivity index (χ0n) is 15.6. The standard InChI is InChI=1S/C18H21ClN2O5S2/c1-13(14-7-9-17(10-8-14)27(2,23)24)20-18(22)12-21(28(3,25)26)16-6-4-5-15(19)11-16/h4-11,13H,12H2,1-3H3,(H,20,22). The van der Waals surface area contributed by atoms with E-state index in [2.05, 4.69) is 5.32 Å². The molecule has 0 heterocycles. The van der Waals surface area contributed by atoms with E-state index >= 15 is 0 Å². The predicted octanol–water partition coefficient (Wildman–Crippen LogP) is 2.39. The van der Waals surface area contributed by atoms with Crippen molar-refractivity contribution in [1.82, 2.24) is 5.32 Å². The van der Waals surface area contributed by atoms with Crippen LogP contribution in [0.5, 0.6) is 0 Å². The highest BCUT2D eigenvalue weighted by Crippen LogP contribution is 2.22. The molecule has 0 spiro atoms. The Balaban J connectivity index is 2.14. The summed E-state index contributed by atoms with van der Waals surface area (Å²) in [6.07, 6.45) is 2.12. The van der Waals surface area contributed by atoms with Gasteiger partial charge in [0, 0.05) is 11.3 Å². The molecule has 0 aromatic heterocycles. The Hall–Kier alpha value is -2.10. The van der Waals surface area contributed by atoms with Crippen LogP contribution in [0.15, 0.2) is 53.4 Å². The van der Waals surface area contributed by atoms with Gasteiger partial charge in [0.2, 0.25) is 15.9 Å². The number of nitrogens with zero attached hydrogens (tertiary/aromatic N) is 1. The average molecular weight is 445 g/mol. The van der Waals surface area contributed by atoms with Gasteiger partial charge in [-0.3, -0.25) is 9.10 Å². The van der Waals surface area contributed by atoms with E-state index in [1.165, 1.54) is 18.2 Å². The lowest BCUT2D eigenvalue weighted by Gasteiger charge is -2.23. The van der Waals surface area contributed by atoms with Crippen LogP contribution < -0.4 is 9.62 Å². The van der Waals surface area contributed by atoms with Crippen molar-refractivity contribution in [2.45, 2.75) is 17.9 Å². The smallest absolute Gasteiger partial charge is 0.241 e. The molecule has 10 heteroatoms. The number of benzene rings is 2. The maximum Gasteiger partial charge on any atom is 0.241 e. The second-order valence-electron chi connectivity index (χ2n) is 6.38. The molecular weight excluding hydrogens is 424 g/mol. The van der Waals surface area contributed by atoms with E-state index in [4.69, 9.17) is 11.6 Å². The number of sulfonamides is 1. The summed E-state index contributed by atoms with van der Waals surface area (Å²) in [4.78, 5) is 12.6. The predicted molar refractivity (Wildman–Crippen MR) is 110 cm³/mol.